The summed E-state index contributed by atoms with van der Waals surface area (Å²) in [7, 11) is 0. The lowest BCUT2D eigenvalue weighted by atomic mass is 9.83. The maximum absolute atomic E-state index is 11.2. The van der Waals surface area contributed by atoms with Crippen LogP contribution in [0.4, 0.5) is 0 Å². The second-order valence-corrected chi connectivity index (χ2v) is 4.67. The van der Waals surface area contributed by atoms with Crippen molar-refractivity contribution in [3.8, 4) is 0 Å². The van der Waals surface area contributed by atoms with Crippen molar-refractivity contribution < 1.29 is 9.90 Å². The monoisotopic (exact) mass is 214 g/mol. The average molecular weight is 214 g/mol. The molecule has 0 atom stereocenters. The molecule has 0 aromatic carbocycles. The molecule has 0 unspecified atom stereocenters. The summed E-state index contributed by atoms with van der Waals surface area (Å²) in [4.78, 5) is 13.3. The fourth-order valence-electron chi connectivity index (χ4n) is 1.80. The number of likely N-dealkylation sites (tertiary alicyclic amines) is 1. The van der Waals surface area contributed by atoms with Crippen molar-refractivity contribution in [2.75, 3.05) is 26.2 Å². The first-order chi connectivity index (χ1) is 6.98. The number of nitrogens with zero attached hydrogens (tertiary/aromatic N) is 1. The van der Waals surface area contributed by atoms with Crippen LogP contribution < -0.4 is 5.32 Å². The van der Waals surface area contributed by atoms with Gasteiger partial charge in [-0.2, -0.15) is 0 Å². The summed E-state index contributed by atoms with van der Waals surface area (Å²) in [6, 6.07) is 0. The summed E-state index contributed by atoms with van der Waals surface area (Å²) in [5, 5.41) is 12.7. The van der Waals surface area contributed by atoms with Crippen molar-refractivity contribution in [2.45, 2.75) is 32.8 Å². The number of aliphatic hydroxyl groups is 1. The summed E-state index contributed by atoms with van der Waals surface area (Å²) >= 11 is 0. The van der Waals surface area contributed by atoms with Gasteiger partial charge in [-0.15, -0.1) is 0 Å². The minimum Gasteiger partial charge on any atom is -0.387 e. The van der Waals surface area contributed by atoms with E-state index in [0.717, 1.165) is 6.54 Å². The first kappa shape index (κ1) is 12.5. The van der Waals surface area contributed by atoms with E-state index in [-0.39, 0.29) is 5.91 Å². The highest BCUT2D eigenvalue weighted by atomic mass is 16.3. The number of hydrogen-bond acceptors (Lipinski definition) is 3. The van der Waals surface area contributed by atoms with E-state index in [0.29, 0.717) is 32.0 Å². The topological polar surface area (TPSA) is 52.6 Å². The summed E-state index contributed by atoms with van der Waals surface area (Å²) in [6.07, 6.45) is 0.530. The van der Waals surface area contributed by atoms with E-state index < -0.39 is 5.60 Å². The Morgan fingerprint density at radius 2 is 2.13 bits per heavy atom. The Labute approximate surface area is 91.6 Å². The highest BCUT2D eigenvalue weighted by Gasteiger charge is 2.43. The molecule has 4 heteroatoms. The molecule has 4 nitrogen and oxygen atoms in total. The maximum atomic E-state index is 11.2. The van der Waals surface area contributed by atoms with Gasteiger partial charge in [0.1, 0.15) is 0 Å². The largest absolute Gasteiger partial charge is 0.387 e. The van der Waals surface area contributed by atoms with Crippen LogP contribution in [0.5, 0.6) is 0 Å². The van der Waals surface area contributed by atoms with E-state index in [9.17, 15) is 9.90 Å². The lowest BCUT2D eigenvalue weighted by molar-refractivity contribution is -0.134. The van der Waals surface area contributed by atoms with Crippen molar-refractivity contribution in [2.24, 2.45) is 5.92 Å². The summed E-state index contributed by atoms with van der Waals surface area (Å²) < 4.78 is 0. The van der Waals surface area contributed by atoms with Gasteiger partial charge in [0.25, 0.3) is 0 Å². The molecule has 0 spiro atoms. The van der Waals surface area contributed by atoms with Crippen molar-refractivity contribution in [3.63, 3.8) is 0 Å². The van der Waals surface area contributed by atoms with Gasteiger partial charge in [0, 0.05) is 32.6 Å². The van der Waals surface area contributed by atoms with E-state index >= 15 is 0 Å². The van der Waals surface area contributed by atoms with Crippen LogP contribution >= 0.6 is 0 Å². The standard InChI is InChI=1S/C11H22N2O2/c1-4-12-10(14)5-6-13-7-11(15,8-13)9(2)3/h9,15H,4-8H2,1-3H3,(H,12,14). The van der Waals surface area contributed by atoms with Gasteiger partial charge >= 0.3 is 0 Å². The summed E-state index contributed by atoms with van der Waals surface area (Å²) in [6.45, 7) is 8.81. The van der Waals surface area contributed by atoms with Gasteiger partial charge in [-0.25, -0.2) is 0 Å². The molecule has 0 saturated carbocycles. The molecule has 1 aliphatic heterocycles. The predicted molar refractivity (Wildman–Crippen MR) is 59.5 cm³/mol. The summed E-state index contributed by atoms with van der Waals surface area (Å²) in [5.74, 6) is 0.385. The third-order valence-electron chi connectivity index (χ3n) is 3.10. The van der Waals surface area contributed by atoms with Crippen LogP contribution in [0.15, 0.2) is 0 Å². The molecular formula is C11H22N2O2. The number of carbonyl (C=O) groups excluding carboxylic acids is 1. The van der Waals surface area contributed by atoms with E-state index in [1.165, 1.54) is 0 Å². The minimum absolute atomic E-state index is 0.0949. The lowest BCUT2D eigenvalue weighted by Gasteiger charge is -2.49. The van der Waals surface area contributed by atoms with Crippen molar-refractivity contribution in [1.29, 1.82) is 0 Å². The van der Waals surface area contributed by atoms with Crippen LogP contribution in [0.3, 0.4) is 0 Å². The maximum Gasteiger partial charge on any atom is 0.221 e. The molecule has 2 N–H and O–H groups in total. The molecule has 1 fully saturated rings. The normalized spacial score (nSPS) is 20.1. The predicted octanol–water partition coefficient (Wildman–Crippen LogP) is 0.215. The van der Waals surface area contributed by atoms with Crippen molar-refractivity contribution in [1.82, 2.24) is 10.2 Å². The third kappa shape index (κ3) is 3.18. The van der Waals surface area contributed by atoms with E-state index in [4.69, 9.17) is 0 Å². The molecule has 0 bridgehead atoms. The van der Waals surface area contributed by atoms with Crippen molar-refractivity contribution >= 4 is 5.91 Å². The van der Waals surface area contributed by atoms with E-state index in [1.54, 1.807) is 0 Å². The molecule has 88 valence electrons. The van der Waals surface area contributed by atoms with Gasteiger partial charge < -0.3 is 10.4 Å². The Balaban J connectivity index is 2.15. The zero-order chi connectivity index (χ0) is 11.5. The van der Waals surface area contributed by atoms with Gasteiger partial charge in [0.2, 0.25) is 5.91 Å². The Morgan fingerprint density at radius 1 is 1.53 bits per heavy atom. The molecule has 0 radical (unpaired) electrons. The van der Waals surface area contributed by atoms with Gasteiger partial charge in [0.05, 0.1) is 5.60 Å². The van der Waals surface area contributed by atoms with Crippen LogP contribution in [-0.4, -0.2) is 47.7 Å². The molecule has 1 heterocycles. The molecule has 1 rings (SSSR count). The zero-order valence-corrected chi connectivity index (χ0v) is 9.92. The van der Waals surface area contributed by atoms with Crippen molar-refractivity contribution in [3.05, 3.63) is 0 Å². The Hall–Kier alpha value is -0.610. The third-order valence-corrected chi connectivity index (χ3v) is 3.10. The first-order valence-corrected chi connectivity index (χ1v) is 5.69. The number of carbonyl (C=O) groups is 1. The van der Waals surface area contributed by atoms with E-state index in [1.807, 2.05) is 20.8 Å². The second-order valence-electron chi connectivity index (χ2n) is 4.67. The average Bonchev–Trinajstić information content (AvgIpc) is 2.10. The number of nitrogens with one attached hydrogen (secondary N) is 1. The Morgan fingerprint density at radius 3 is 2.60 bits per heavy atom. The minimum atomic E-state index is -0.527. The molecule has 0 aromatic rings. The number of β-amino-alcohol motifs (C(OH)–C–C–N with tert-alkyl or cyclic N) is 1. The van der Waals surface area contributed by atoms with Crippen LogP contribution in [0, 0.1) is 5.92 Å². The van der Waals surface area contributed by atoms with Crippen LogP contribution in [-0.2, 0) is 4.79 Å². The molecule has 0 aliphatic carbocycles. The fraction of sp³-hybridized carbons (Fsp3) is 0.909. The molecule has 15 heavy (non-hydrogen) atoms. The van der Waals surface area contributed by atoms with Crippen LogP contribution in [0.25, 0.3) is 0 Å². The van der Waals surface area contributed by atoms with Gasteiger partial charge in [-0.1, -0.05) is 13.8 Å². The fourth-order valence-corrected chi connectivity index (χ4v) is 1.80. The van der Waals surface area contributed by atoms with Gasteiger partial charge in [-0.3, -0.25) is 9.69 Å². The number of amides is 1. The SMILES string of the molecule is CCNC(=O)CCN1CC(O)(C(C)C)C1. The quantitative estimate of drug-likeness (QED) is 0.688. The Bertz CT molecular complexity index is 223. The molecule has 1 amide bonds. The van der Waals surface area contributed by atoms with Crippen LogP contribution in [0.1, 0.15) is 27.2 Å². The second kappa shape index (κ2) is 4.94. The molecule has 0 aromatic heterocycles. The van der Waals surface area contributed by atoms with Crippen LogP contribution in [0.2, 0.25) is 0 Å². The first-order valence-electron chi connectivity index (χ1n) is 5.69. The molecular weight excluding hydrogens is 192 g/mol. The van der Waals surface area contributed by atoms with Gasteiger partial charge in [-0.05, 0) is 12.8 Å². The summed E-state index contributed by atoms with van der Waals surface area (Å²) in [5.41, 5.74) is -0.527. The molecule has 1 saturated heterocycles. The zero-order valence-electron chi connectivity index (χ0n) is 9.92. The molecule has 1 aliphatic rings. The highest BCUT2D eigenvalue weighted by molar-refractivity contribution is 5.75. The lowest BCUT2D eigenvalue weighted by Crippen LogP contribution is -2.64. The Kier molecular flexibility index (Phi) is 4.11. The highest BCUT2D eigenvalue weighted by Crippen LogP contribution is 2.28. The number of rotatable bonds is 5. The van der Waals surface area contributed by atoms with E-state index in [2.05, 4.69) is 10.2 Å². The van der Waals surface area contributed by atoms with Gasteiger partial charge in [0.15, 0.2) is 0 Å². The smallest absolute Gasteiger partial charge is 0.221 e. The number of hydrogen-bond donors (Lipinski definition) is 2.